The maximum absolute atomic E-state index is 13.2. The highest BCUT2D eigenvalue weighted by atomic mass is 32.1. The number of hydrogen-bond donors (Lipinski definition) is 2. The zero-order valence-corrected chi connectivity index (χ0v) is 15.7. The molecule has 1 aliphatic carbocycles. The first-order valence-corrected chi connectivity index (χ1v) is 10.0. The van der Waals surface area contributed by atoms with Gasteiger partial charge in [0.25, 0.3) is 0 Å². The van der Waals surface area contributed by atoms with E-state index in [1.165, 1.54) is 12.1 Å². The van der Waals surface area contributed by atoms with Crippen molar-refractivity contribution in [3.05, 3.63) is 58.0 Å². The molecule has 2 aliphatic rings. The van der Waals surface area contributed by atoms with Crippen molar-refractivity contribution in [3.8, 4) is 0 Å². The van der Waals surface area contributed by atoms with E-state index in [0.29, 0.717) is 26.2 Å². The van der Waals surface area contributed by atoms with Crippen LogP contribution >= 0.6 is 11.3 Å². The lowest BCUT2D eigenvalue weighted by Gasteiger charge is -2.17. The molecular weight excluding hydrogens is 365 g/mol. The Kier molecular flexibility index (Phi) is 4.86. The second kappa shape index (κ2) is 7.31. The molecule has 142 valence electrons. The van der Waals surface area contributed by atoms with Crippen LogP contribution in [0.5, 0.6) is 0 Å². The van der Waals surface area contributed by atoms with Crippen LogP contribution in [0.2, 0.25) is 0 Å². The number of urea groups is 1. The van der Waals surface area contributed by atoms with Gasteiger partial charge in [0.15, 0.2) is 0 Å². The Labute approximate surface area is 161 Å². The summed E-state index contributed by atoms with van der Waals surface area (Å²) in [4.78, 5) is 27.7. The lowest BCUT2D eigenvalue weighted by molar-refractivity contribution is -0.123. The molecule has 2 N–H and O–H groups in total. The molecule has 4 rings (SSSR count). The number of halogens is 1. The monoisotopic (exact) mass is 387 g/mol. The van der Waals surface area contributed by atoms with E-state index < -0.39 is 0 Å². The van der Waals surface area contributed by atoms with Crippen LogP contribution < -0.4 is 10.6 Å². The molecule has 1 aromatic heterocycles. The van der Waals surface area contributed by atoms with Crippen LogP contribution in [0.4, 0.5) is 9.18 Å². The number of thiophene rings is 1. The van der Waals surface area contributed by atoms with Crippen LogP contribution in [0, 0.1) is 17.2 Å². The predicted octanol–water partition coefficient (Wildman–Crippen LogP) is 3.13. The Balaban J connectivity index is 1.25. The second-order valence-corrected chi connectivity index (χ2v) is 8.41. The van der Waals surface area contributed by atoms with Crippen molar-refractivity contribution in [1.29, 1.82) is 0 Å². The standard InChI is InChI=1S/C20H22FN3O2S/c21-15-4-1-3-14(9-15)11-23-19(26)24-7-6-20(13-24)10-17(20)18(25)22-12-16-5-2-8-27-16/h1-5,8-9,17H,6-7,10-13H2,(H,22,25)(H,23,26). The molecule has 3 amide bonds. The molecule has 7 heteroatoms. The number of carbonyl (C=O) groups is 2. The van der Waals surface area contributed by atoms with E-state index in [-0.39, 0.29) is 29.1 Å². The van der Waals surface area contributed by atoms with Gasteiger partial charge >= 0.3 is 6.03 Å². The van der Waals surface area contributed by atoms with E-state index in [0.717, 1.165) is 23.3 Å². The van der Waals surface area contributed by atoms with Crippen molar-refractivity contribution in [2.45, 2.75) is 25.9 Å². The molecule has 5 nitrogen and oxygen atoms in total. The van der Waals surface area contributed by atoms with Crippen LogP contribution in [-0.2, 0) is 17.9 Å². The zero-order chi connectivity index (χ0) is 18.9. The van der Waals surface area contributed by atoms with Gasteiger partial charge in [0.05, 0.1) is 6.54 Å². The molecule has 1 spiro atoms. The number of amides is 3. The SMILES string of the molecule is O=C(NCc1cccs1)C1CC12CCN(C(=O)NCc1cccc(F)c1)C2. The van der Waals surface area contributed by atoms with Gasteiger partial charge in [-0.2, -0.15) is 0 Å². The van der Waals surface area contributed by atoms with Gasteiger partial charge in [-0.1, -0.05) is 18.2 Å². The second-order valence-electron chi connectivity index (χ2n) is 7.38. The average Bonchev–Trinajstić information content (AvgIpc) is 3.01. The molecule has 2 unspecified atom stereocenters. The Morgan fingerprint density at radius 2 is 2.11 bits per heavy atom. The fourth-order valence-corrected chi connectivity index (χ4v) is 4.53. The number of nitrogens with zero attached hydrogens (tertiary/aromatic N) is 1. The summed E-state index contributed by atoms with van der Waals surface area (Å²) >= 11 is 1.63. The van der Waals surface area contributed by atoms with Crippen LogP contribution in [-0.4, -0.2) is 29.9 Å². The quantitative estimate of drug-likeness (QED) is 0.828. The van der Waals surface area contributed by atoms with E-state index in [1.54, 1.807) is 28.4 Å². The summed E-state index contributed by atoms with van der Waals surface area (Å²) in [6.45, 7) is 2.13. The summed E-state index contributed by atoms with van der Waals surface area (Å²) < 4.78 is 13.2. The Hall–Kier alpha value is -2.41. The first-order valence-electron chi connectivity index (χ1n) is 9.13. The number of likely N-dealkylation sites (tertiary alicyclic amines) is 1. The Morgan fingerprint density at radius 1 is 1.22 bits per heavy atom. The van der Waals surface area contributed by atoms with Gasteiger partial charge in [-0.3, -0.25) is 4.79 Å². The van der Waals surface area contributed by atoms with Crippen molar-refractivity contribution in [2.24, 2.45) is 11.3 Å². The summed E-state index contributed by atoms with van der Waals surface area (Å²) in [6, 6.07) is 10.0. The summed E-state index contributed by atoms with van der Waals surface area (Å²) in [6.07, 6.45) is 1.70. The molecule has 27 heavy (non-hydrogen) atoms. The Bertz CT molecular complexity index is 842. The fraction of sp³-hybridized carbons (Fsp3) is 0.400. The first kappa shape index (κ1) is 18.0. The molecule has 0 radical (unpaired) electrons. The van der Waals surface area contributed by atoms with E-state index in [2.05, 4.69) is 10.6 Å². The normalized spacial score (nSPS) is 23.4. The number of nitrogens with one attached hydrogen (secondary N) is 2. The molecule has 1 saturated carbocycles. The van der Waals surface area contributed by atoms with Crippen LogP contribution in [0.15, 0.2) is 41.8 Å². The molecule has 1 aliphatic heterocycles. The van der Waals surface area contributed by atoms with Gasteiger partial charge in [0.1, 0.15) is 5.82 Å². The minimum absolute atomic E-state index is 0.00141. The van der Waals surface area contributed by atoms with Gasteiger partial charge in [0, 0.05) is 35.8 Å². The van der Waals surface area contributed by atoms with E-state index in [4.69, 9.17) is 0 Å². The largest absolute Gasteiger partial charge is 0.351 e. The lowest BCUT2D eigenvalue weighted by Crippen LogP contribution is -2.38. The Morgan fingerprint density at radius 3 is 2.89 bits per heavy atom. The lowest BCUT2D eigenvalue weighted by atomic mass is 10.0. The average molecular weight is 387 g/mol. The summed E-state index contributed by atoms with van der Waals surface area (Å²) in [5.41, 5.74) is 0.671. The topological polar surface area (TPSA) is 61.4 Å². The highest BCUT2D eigenvalue weighted by molar-refractivity contribution is 7.09. The van der Waals surface area contributed by atoms with E-state index >= 15 is 0 Å². The number of benzene rings is 1. The molecule has 2 aromatic rings. The van der Waals surface area contributed by atoms with Gasteiger partial charge in [0.2, 0.25) is 5.91 Å². The van der Waals surface area contributed by atoms with Crippen LogP contribution in [0.3, 0.4) is 0 Å². The van der Waals surface area contributed by atoms with Gasteiger partial charge < -0.3 is 15.5 Å². The molecule has 2 heterocycles. The number of hydrogen-bond acceptors (Lipinski definition) is 3. The van der Waals surface area contributed by atoms with Crippen molar-refractivity contribution >= 4 is 23.3 Å². The van der Waals surface area contributed by atoms with Gasteiger partial charge in [-0.15, -0.1) is 11.3 Å². The van der Waals surface area contributed by atoms with Crippen molar-refractivity contribution in [1.82, 2.24) is 15.5 Å². The minimum atomic E-state index is -0.309. The number of rotatable bonds is 5. The third-order valence-electron chi connectivity index (χ3n) is 5.53. The van der Waals surface area contributed by atoms with E-state index in [9.17, 15) is 14.0 Å². The van der Waals surface area contributed by atoms with Gasteiger partial charge in [-0.05, 0) is 42.0 Å². The number of carbonyl (C=O) groups excluding carboxylic acids is 2. The van der Waals surface area contributed by atoms with Crippen molar-refractivity contribution < 1.29 is 14.0 Å². The highest BCUT2D eigenvalue weighted by Crippen LogP contribution is 2.58. The molecule has 2 atom stereocenters. The predicted molar refractivity (Wildman–Crippen MR) is 102 cm³/mol. The molecule has 2 fully saturated rings. The van der Waals surface area contributed by atoms with Crippen LogP contribution in [0.1, 0.15) is 23.3 Å². The molecule has 1 saturated heterocycles. The smallest absolute Gasteiger partial charge is 0.317 e. The first-order chi connectivity index (χ1) is 13.1. The molecular formula is C20H22FN3O2S. The van der Waals surface area contributed by atoms with Crippen molar-refractivity contribution in [3.63, 3.8) is 0 Å². The van der Waals surface area contributed by atoms with E-state index in [1.807, 2.05) is 17.5 Å². The minimum Gasteiger partial charge on any atom is -0.351 e. The zero-order valence-electron chi connectivity index (χ0n) is 14.9. The third-order valence-corrected chi connectivity index (χ3v) is 6.40. The summed E-state index contributed by atoms with van der Waals surface area (Å²) in [7, 11) is 0. The maximum atomic E-state index is 13.2. The fourth-order valence-electron chi connectivity index (χ4n) is 3.89. The summed E-state index contributed by atoms with van der Waals surface area (Å²) in [5.74, 6) is -0.222. The van der Waals surface area contributed by atoms with Gasteiger partial charge in [-0.25, -0.2) is 9.18 Å². The third kappa shape index (κ3) is 3.98. The molecule has 0 bridgehead atoms. The molecule has 1 aromatic carbocycles. The van der Waals surface area contributed by atoms with Crippen molar-refractivity contribution in [2.75, 3.05) is 13.1 Å². The highest BCUT2D eigenvalue weighted by Gasteiger charge is 2.61. The maximum Gasteiger partial charge on any atom is 0.317 e. The van der Waals surface area contributed by atoms with Crippen LogP contribution in [0.25, 0.3) is 0 Å². The summed E-state index contributed by atoms with van der Waals surface area (Å²) in [5, 5.41) is 7.85.